The first kappa shape index (κ1) is 15.2. The van der Waals surface area contributed by atoms with Crippen molar-refractivity contribution in [2.75, 3.05) is 7.05 Å². The summed E-state index contributed by atoms with van der Waals surface area (Å²) in [5, 5.41) is 6.94. The van der Waals surface area contributed by atoms with Gasteiger partial charge in [0.15, 0.2) is 0 Å². The van der Waals surface area contributed by atoms with E-state index in [1.165, 1.54) is 16.3 Å². The van der Waals surface area contributed by atoms with Crippen molar-refractivity contribution in [3.63, 3.8) is 0 Å². The summed E-state index contributed by atoms with van der Waals surface area (Å²) >= 11 is 1.78. The van der Waals surface area contributed by atoms with Crippen LogP contribution >= 0.6 is 11.3 Å². The molecular formula is C17H24N2S. The Morgan fingerprint density at radius 2 is 1.95 bits per heavy atom. The summed E-state index contributed by atoms with van der Waals surface area (Å²) in [7, 11) is 2.04. The van der Waals surface area contributed by atoms with Crippen LogP contribution in [0.1, 0.15) is 49.4 Å². The average molecular weight is 288 g/mol. The molecule has 1 aromatic carbocycles. The molecule has 0 aliphatic carbocycles. The lowest BCUT2D eigenvalue weighted by Crippen LogP contribution is -2.41. The van der Waals surface area contributed by atoms with Crippen molar-refractivity contribution in [2.24, 2.45) is 0 Å². The van der Waals surface area contributed by atoms with E-state index in [1.54, 1.807) is 11.3 Å². The van der Waals surface area contributed by atoms with Crippen molar-refractivity contribution in [3.8, 4) is 0 Å². The Kier molecular flexibility index (Phi) is 4.95. The summed E-state index contributed by atoms with van der Waals surface area (Å²) in [5.74, 6) is 0.489. The number of hydrogen-bond donors (Lipinski definition) is 1. The topological polar surface area (TPSA) is 24.9 Å². The van der Waals surface area contributed by atoms with Gasteiger partial charge in [-0.15, -0.1) is 11.3 Å². The zero-order chi connectivity index (χ0) is 14.6. The smallest absolute Gasteiger partial charge is 0.113 e. The molecule has 0 amide bonds. The summed E-state index contributed by atoms with van der Waals surface area (Å²) in [4.78, 5) is 4.88. The summed E-state index contributed by atoms with van der Waals surface area (Å²) in [6.07, 6.45) is 2.01. The molecule has 2 nitrogen and oxygen atoms in total. The molecule has 0 fully saturated rings. The van der Waals surface area contributed by atoms with Gasteiger partial charge in [0, 0.05) is 5.38 Å². The van der Waals surface area contributed by atoms with E-state index in [2.05, 4.69) is 61.8 Å². The van der Waals surface area contributed by atoms with E-state index in [4.69, 9.17) is 4.98 Å². The minimum Gasteiger partial charge on any atom is -0.308 e. The lowest BCUT2D eigenvalue weighted by atomic mass is 9.89. The van der Waals surface area contributed by atoms with Crippen LogP contribution in [0.25, 0.3) is 0 Å². The van der Waals surface area contributed by atoms with Crippen LogP contribution < -0.4 is 5.32 Å². The molecule has 2 aromatic rings. The number of nitrogens with zero attached hydrogens (tertiary/aromatic N) is 1. The monoisotopic (exact) mass is 288 g/mol. The maximum Gasteiger partial charge on any atom is 0.113 e. The zero-order valence-corrected chi connectivity index (χ0v) is 13.6. The van der Waals surface area contributed by atoms with Crippen LogP contribution in [-0.2, 0) is 12.0 Å². The number of rotatable bonds is 6. The number of benzene rings is 1. The third-order valence-corrected chi connectivity index (χ3v) is 5.02. The molecule has 0 saturated carbocycles. The molecule has 1 aromatic heterocycles. The predicted molar refractivity (Wildman–Crippen MR) is 87.4 cm³/mol. The summed E-state index contributed by atoms with van der Waals surface area (Å²) < 4.78 is 0. The van der Waals surface area contributed by atoms with Crippen molar-refractivity contribution in [1.29, 1.82) is 0 Å². The van der Waals surface area contributed by atoms with Gasteiger partial charge in [0.05, 0.1) is 11.2 Å². The number of likely N-dealkylation sites (N-methyl/N-ethyl adjacent to an activating group) is 1. The van der Waals surface area contributed by atoms with Gasteiger partial charge in [-0.3, -0.25) is 0 Å². The first-order valence-electron chi connectivity index (χ1n) is 7.30. The molecule has 0 aliphatic rings. The molecule has 0 bridgehead atoms. The third-order valence-electron chi connectivity index (χ3n) is 3.95. The van der Waals surface area contributed by atoms with Crippen molar-refractivity contribution < 1.29 is 0 Å². The lowest BCUT2D eigenvalue weighted by Gasteiger charge is -2.30. The van der Waals surface area contributed by atoms with Crippen molar-refractivity contribution in [2.45, 2.75) is 45.1 Å². The summed E-state index contributed by atoms with van der Waals surface area (Å²) in [6.45, 7) is 6.63. The standard InChI is InChI=1S/C17H24N2S/c1-5-17(18-4,11-14-9-7-6-8-10-14)16-19-15(12-20-16)13(2)3/h6-10,12-13,18H,5,11H2,1-4H3. The number of thiazole rings is 1. The Hall–Kier alpha value is -1.19. The number of nitrogens with one attached hydrogen (secondary N) is 1. The van der Waals surface area contributed by atoms with Gasteiger partial charge in [-0.2, -0.15) is 0 Å². The molecule has 1 unspecified atom stereocenters. The van der Waals surface area contributed by atoms with Gasteiger partial charge in [-0.25, -0.2) is 4.98 Å². The molecule has 0 aliphatic heterocycles. The molecule has 2 rings (SSSR count). The highest BCUT2D eigenvalue weighted by Gasteiger charge is 2.32. The summed E-state index contributed by atoms with van der Waals surface area (Å²) in [5.41, 5.74) is 2.50. The van der Waals surface area contributed by atoms with Crippen LogP contribution in [0.3, 0.4) is 0 Å². The fraction of sp³-hybridized carbons (Fsp3) is 0.471. The molecule has 0 spiro atoms. The van der Waals surface area contributed by atoms with Gasteiger partial charge in [0.1, 0.15) is 5.01 Å². The second-order valence-corrected chi connectivity index (χ2v) is 6.44. The molecule has 1 heterocycles. The molecule has 1 atom stereocenters. The molecule has 20 heavy (non-hydrogen) atoms. The quantitative estimate of drug-likeness (QED) is 0.855. The lowest BCUT2D eigenvalue weighted by molar-refractivity contribution is 0.342. The molecule has 0 saturated heterocycles. The van der Waals surface area contributed by atoms with Crippen molar-refractivity contribution in [1.82, 2.24) is 10.3 Å². The fourth-order valence-corrected chi connectivity index (χ4v) is 3.70. The fourth-order valence-electron chi connectivity index (χ4n) is 2.44. The third kappa shape index (κ3) is 3.10. The minimum absolute atomic E-state index is 0.0564. The highest BCUT2D eigenvalue weighted by Crippen LogP contribution is 2.32. The minimum atomic E-state index is -0.0564. The van der Waals surface area contributed by atoms with Crippen molar-refractivity contribution in [3.05, 3.63) is 52.0 Å². The van der Waals surface area contributed by atoms with E-state index in [9.17, 15) is 0 Å². The highest BCUT2D eigenvalue weighted by atomic mass is 32.1. The first-order valence-corrected chi connectivity index (χ1v) is 8.18. The molecular weight excluding hydrogens is 264 g/mol. The van der Waals surface area contributed by atoms with Crippen LogP contribution in [0.4, 0.5) is 0 Å². The first-order chi connectivity index (χ1) is 9.61. The van der Waals surface area contributed by atoms with Crippen LogP contribution in [0.5, 0.6) is 0 Å². The SMILES string of the molecule is CCC(Cc1ccccc1)(NC)c1nc(C(C)C)cs1. The van der Waals surface area contributed by atoms with Gasteiger partial charge in [-0.1, -0.05) is 51.1 Å². The Labute approximate surface area is 126 Å². The average Bonchev–Trinajstić information content (AvgIpc) is 2.96. The predicted octanol–water partition coefficient (Wildman–Crippen LogP) is 4.33. The van der Waals surface area contributed by atoms with Gasteiger partial charge >= 0.3 is 0 Å². The second-order valence-electron chi connectivity index (χ2n) is 5.58. The second kappa shape index (κ2) is 6.51. The Bertz CT molecular complexity index is 527. The van der Waals surface area contributed by atoms with Gasteiger partial charge in [0.2, 0.25) is 0 Å². The largest absolute Gasteiger partial charge is 0.308 e. The zero-order valence-electron chi connectivity index (χ0n) is 12.8. The van der Waals surface area contributed by atoms with E-state index in [0.29, 0.717) is 5.92 Å². The van der Waals surface area contributed by atoms with Crippen LogP contribution in [0, 0.1) is 0 Å². The maximum absolute atomic E-state index is 4.88. The number of hydrogen-bond acceptors (Lipinski definition) is 3. The van der Waals surface area contributed by atoms with Crippen LogP contribution in [0.2, 0.25) is 0 Å². The molecule has 108 valence electrons. The molecule has 0 radical (unpaired) electrons. The van der Waals surface area contributed by atoms with E-state index in [0.717, 1.165) is 12.8 Å². The molecule has 1 N–H and O–H groups in total. The van der Waals surface area contributed by atoms with Crippen molar-refractivity contribution >= 4 is 11.3 Å². The van der Waals surface area contributed by atoms with E-state index in [1.807, 2.05) is 7.05 Å². The number of aromatic nitrogens is 1. The summed E-state index contributed by atoms with van der Waals surface area (Å²) in [6, 6.07) is 10.7. The van der Waals surface area contributed by atoms with E-state index in [-0.39, 0.29) is 5.54 Å². The normalized spacial score (nSPS) is 14.4. The Balaban J connectivity index is 2.32. The highest BCUT2D eigenvalue weighted by molar-refractivity contribution is 7.09. The van der Waals surface area contributed by atoms with E-state index >= 15 is 0 Å². The Morgan fingerprint density at radius 1 is 1.25 bits per heavy atom. The maximum atomic E-state index is 4.88. The van der Waals surface area contributed by atoms with Gasteiger partial charge in [0.25, 0.3) is 0 Å². The van der Waals surface area contributed by atoms with Crippen LogP contribution in [-0.4, -0.2) is 12.0 Å². The Morgan fingerprint density at radius 3 is 2.45 bits per heavy atom. The van der Waals surface area contributed by atoms with Gasteiger partial charge in [-0.05, 0) is 31.4 Å². The van der Waals surface area contributed by atoms with E-state index < -0.39 is 0 Å². The van der Waals surface area contributed by atoms with Crippen LogP contribution in [0.15, 0.2) is 35.7 Å². The molecule has 3 heteroatoms. The van der Waals surface area contributed by atoms with Gasteiger partial charge < -0.3 is 5.32 Å².